The van der Waals surface area contributed by atoms with Crippen LogP contribution in [0.5, 0.6) is 0 Å². The summed E-state index contributed by atoms with van der Waals surface area (Å²) < 4.78 is 12.8. The van der Waals surface area contributed by atoms with E-state index >= 15 is 0 Å². The Balaban J connectivity index is 0.000000181. The van der Waals surface area contributed by atoms with E-state index in [0.29, 0.717) is 0 Å². The van der Waals surface area contributed by atoms with Crippen molar-refractivity contribution < 1.29 is 9.31 Å². The van der Waals surface area contributed by atoms with Crippen LogP contribution in [0.25, 0.3) is 0 Å². The second-order valence-corrected chi connectivity index (χ2v) is 5.34. The number of nitrogens with zero attached hydrogens (tertiary/aromatic N) is 2. The fourth-order valence-electron chi connectivity index (χ4n) is 1.42. The molecule has 16 heavy (non-hydrogen) atoms. The molecule has 1 aliphatic heterocycles. The molecule has 0 amide bonds. The average Bonchev–Trinajstić information content (AvgIpc) is 2.59. The van der Waals surface area contributed by atoms with E-state index in [-0.39, 0.29) is 18.3 Å². The van der Waals surface area contributed by atoms with E-state index in [9.17, 15) is 0 Å². The Morgan fingerprint density at radius 2 is 1.69 bits per heavy atom. The van der Waals surface area contributed by atoms with Gasteiger partial charge in [-0.05, 0) is 50.0 Å². The normalized spacial score (nSPS) is 21.5. The van der Waals surface area contributed by atoms with Crippen LogP contribution in [0.4, 0.5) is 0 Å². The molecule has 0 N–H and O–H groups in total. The van der Waals surface area contributed by atoms with Crippen LogP contribution in [-0.2, 0) is 9.31 Å². The minimum atomic E-state index is -0.160. The van der Waals surface area contributed by atoms with Crippen LogP contribution in [0.2, 0.25) is 6.82 Å². The van der Waals surface area contributed by atoms with Crippen LogP contribution >= 0.6 is 9.39 Å². The summed E-state index contributed by atoms with van der Waals surface area (Å²) in [5, 5.41) is 3.80. The SMILES string of the molecule is CB1OC(C)(C)C(C)(C)O1.Pn1cccn1. The molecule has 1 saturated heterocycles. The van der Waals surface area contributed by atoms with Crippen molar-refractivity contribution in [3.8, 4) is 0 Å². The molecular formula is C10H20BN2O2P. The third-order valence-electron chi connectivity index (χ3n) is 2.90. The first-order valence-corrected chi connectivity index (χ1v) is 5.86. The van der Waals surface area contributed by atoms with Gasteiger partial charge in [0.15, 0.2) is 0 Å². The fourth-order valence-corrected chi connectivity index (χ4v) is 1.59. The summed E-state index contributed by atoms with van der Waals surface area (Å²) in [6, 6.07) is 1.87. The number of rotatable bonds is 0. The maximum Gasteiger partial charge on any atom is 0.454 e. The summed E-state index contributed by atoms with van der Waals surface area (Å²) in [4.78, 5) is 0. The lowest BCUT2D eigenvalue weighted by atomic mass is 9.90. The monoisotopic (exact) mass is 242 g/mol. The average molecular weight is 242 g/mol. The van der Waals surface area contributed by atoms with Crippen molar-refractivity contribution in [1.82, 2.24) is 9.55 Å². The number of aromatic nitrogens is 2. The lowest BCUT2D eigenvalue weighted by Crippen LogP contribution is -2.41. The molecule has 0 spiro atoms. The number of hydrogen-bond donors (Lipinski definition) is 0. The predicted octanol–water partition coefficient (Wildman–Crippen LogP) is 2.23. The molecule has 0 aliphatic carbocycles. The fraction of sp³-hybridized carbons (Fsp3) is 0.700. The van der Waals surface area contributed by atoms with Gasteiger partial charge in [0.1, 0.15) is 0 Å². The lowest BCUT2D eigenvalue weighted by Gasteiger charge is -2.32. The summed E-state index contributed by atoms with van der Waals surface area (Å²) in [5.74, 6) is 0. The van der Waals surface area contributed by atoms with Gasteiger partial charge in [0.05, 0.1) is 11.2 Å². The Morgan fingerprint density at radius 3 is 1.81 bits per heavy atom. The Kier molecular flexibility index (Phi) is 4.16. The van der Waals surface area contributed by atoms with Gasteiger partial charge in [-0.15, -0.1) is 0 Å². The molecule has 0 saturated carbocycles. The maximum atomic E-state index is 5.54. The summed E-state index contributed by atoms with van der Waals surface area (Å²) >= 11 is 0. The Morgan fingerprint density at radius 1 is 1.19 bits per heavy atom. The summed E-state index contributed by atoms with van der Waals surface area (Å²) in [6.45, 7) is 10.1. The molecule has 1 aromatic heterocycles. The molecule has 0 radical (unpaired) electrons. The zero-order chi connectivity index (χ0) is 12.4. The van der Waals surface area contributed by atoms with Crippen molar-refractivity contribution in [1.29, 1.82) is 0 Å². The van der Waals surface area contributed by atoms with E-state index in [1.165, 1.54) is 0 Å². The van der Waals surface area contributed by atoms with Crippen LogP contribution in [0.3, 0.4) is 0 Å². The third kappa shape index (κ3) is 3.31. The van der Waals surface area contributed by atoms with Gasteiger partial charge in [-0.2, -0.15) is 5.10 Å². The minimum Gasteiger partial charge on any atom is -0.403 e. The zero-order valence-corrected chi connectivity index (χ0v) is 11.8. The van der Waals surface area contributed by atoms with E-state index in [1.807, 2.05) is 19.1 Å². The largest absolute Gasteiger partial charge is 0.454 e. The molecule has 1 aromatic rings. The smallest absolute Gasteiger partial charge is 0.403 e. The maximum absolute atomic E-state index is 5.54. The van der Waals surface area contributed by atoms with Crippen molar-refractivity contribution in [3.05, 3.63) is 18.5 Å². The molecular weight excluding hydrogens is 222 g/mol. The Hall–Kier alpha value is -0.375. The van der Waals surface area contributed by atoms with Crippen LogP contribution < -0.4 is 0 Å². The van der Waals surface area contributed by atoms with Crippen LogP contribution in [-0.4, -0.2) is 27.9 Å². The molecule has 90 valence electrons. The molecule has 2 rings (SSSR count). The van der Waals surface area contributed by atoms with Crippen molar-refractivity contribution in [2.24, 2.45) is 0 Å². The molecule has 1 aliphatic rings. The summed E-state index contributed by atoms with van der Waals surface area (Å²) in [5.41, 5.74) is -0.321. The first-order chi connectivity index (χ1) is 7.24. The first kappa shape index (κ1) is 13.7. The van der Waals surface area contributed by atoms with Gasteiger partial charge in [0.25, 0.3) is 0 Å². The molecule has 4 nitrogen and oxygen atoms in total. The molecule has 1 unspecified atom stereocenters. The van der Waals surface area contributed by atoms with Gasteiger partial charge >= 0.3 is 7.12 Å². The highest BCUT2D eigenvalue weighted by atomic mass is 31.0. The second-order valence-electron chi connectivity index (χ2n) is 4.81. The third-order valence-corrected chi connectivity index (χ3v) is 3.20. The lowest BCUT2D eigenvalue weighted by molar-refractivity contribution is 0.00578. The highest BCUT2D eigenvalue weighted by molar-refractivity contribution is 7.14. The van der Waals surface area contributed by atoms with Gasteiger partial charge in [-0.1, -0.05) is 0 Å². The van der Waals surface area contributed by atoms with E-state index in [1.54, 1.807) is 10.6 Å². The topological polar surface area (TPSA) is 36.3 Å². The van der Waals surface area contributed by atoms with Gasteiger partial charge in [0, 0.05) is 12.4 Å². The molecule has 6 heteroatoms. The van der Waals surface area contributed by atoms with Gasteiger partial charge < -0.3 is 9.31 Å². The van der Waals surface area contributed by atoms with Crippen LogP contribution in [0.1, 0.15) is 27.7 Å². The Bertz CT molecular complexity index is 312. The van der Waals surface area contributed by atoms with E-state index in [2.05, 4.69) is 42.2 Å². The van der Waals surface area contributed by atoms with Crippen LogP contribution in [0.15, 0.2) is 18.5 Å². The first-order valence-electron chi connectivity index (χ1n) is 5.35. The Labute approximate surface area is 100 Å². The van der Waals surface area contributed by atoms with E-state index in [0.717, 1.165) is 0 Å². The molecule has 0 bridgehead atoms. The molecule has 1 atom stereocenters. The molecule has 1 fully saturated rings. The van der Waals surface area contributed by atoms with Crippen molar-refractivity contribution in [2.45, 2.75) is 45.7 Å². The standard InChI is InChI=1S/C7H15BO2.C3H5N2P/c1-6(2)7(3,4)10-8(5)9-6;6-5-3-1-2-4-5/h1-5H3;1-3H,6H2. The highest BCUT2D eigenvalue weighted by Gasteiger charge is 2.48. The van der Waals surface area contributed by atoms with Crippen molar-refractivity contribution >= 4 is 16.5 Å². The zero-order valence-electron chi connectivity index (χ0n) is 10.6. The summed E-state index contributed by atoms with van der Waals surface area (Å²) in [6.07, 6.45) is 3.58. The van der Waals surface area contributed by atoms with E-state index in [4.69, 9.17) is 9.31 Å². The van der Waals surface area contributed by atoms with Gasteiger partial charge in [-0.3, -0.25) is 4.45 Å². The molecule has 0 aromatic carbocycles. The van der Waals surface area contributed by atoms with Crippen molar-refractivity contribution in [3.63, 3.8) is 0 Å². The predicted molar refractivity (Wildman–Crippen MR) is 69.3 cm³/mol. The molecule has 2 heterocycles. The minimum absolute atomic E-state index is 0.0648. The highest BCUT2D eigenvalue weighted by Crippen LogP contribution is 2.36. The number of hydrogen-bond acceptors (Lipinski definition) is 3. The van der Waals surface area contributed by atoms with Gasteiger partial charge in [0.2, 0.25) is 0 Å². The summed E-state index contributed by atoms with van der Waals surface area (Å²) in [7, 11) is 2.36. The van der Waals surface area contributed by atoms with E-state index < -0.39 is 0 Å². The second kappa shape index (κ2) is 4.86. The quantitative estimate of drug-likeness (QED) is 0.517. The van der Waals surface area contributed by atoms with Crippen LogP contribution in [0, 0.1) is 0 Å². The van der Waals surface area contributed by atoms with Crippen molar-refractivity contribution in [2.75, 3.05) is 0 Å². The van der Waals surface area contributed by atoms with Gasteiger partial charge in [-0.25, -0.2) is 0 Å².